The molecule has 156 valence electrons. The SMILES string of the molecule is Cc1cccc(OCCNC(=O)CNC(=O)c2cccc(S(=O)(=O)N(C)C)c2)c1. The lowest BCUT2D eigenvalue weighted by atomic mass is 10.2. The molecule has 2 rings (SSSR count). The van der Waals surface area contributed by atoms with Gasteiger partial charge in [-0.3, -0.25) is 9.59 Å². The number of nitrogens with one attached hydrogen (secondary N) is 2. The number of rotatable bonds is 9. The number of nitrogens with zero attached hydrogens (tertiary/aromatic N) is 1. The summed E-state index contributed by atoms with van der Waals surface area (Å²) in [5.74, 6) is -0.185. The standard InChI is InChI=1S/C20H25N3O5S/c1-15-6-4-8-17(12-15)28-11-10-21-19(24)14-22-20(25)16-7-5-9-18(13-16)29(26,27)23(2)3/h4-9,12-13H,10-11,14H2,1-3H3,(H,21,24)(H,22,25). The Labute approximate surface area is 170 Å². The Morgan fingerprint density at radius 1 is 1.03 bits per heavy atom. The van der Waals surface area contributed by atoms with Gasteiger partial charge in [-0.2, -0.15) is 0 Å². The Bertz CT molecular complexity index is 974. The van der Waals surface area contributed by atoms with E-state index in [1.807, 2.05) is 31.2 Å². The van der Waals surface area contributed by atoms with Crippen LogP contribution < -0.4 is 15.4 Å². The van der Waals surface area contributed by atoms with Gasteiger partial charge in [0.15, 0.2) is 0 Å². The Morgan fingerprint density at radius 2 is 1.76 bits per heavy atom. The highest BCUT2D eigenvalue weighted by Crippen LogP contribution is 2.15. The molecule has 0 saturated heterocycles. The van der Waals surface area contributed by atoms with Gasteiger partial charge in [0.2, 0.25) is 15.9 Å². The van der Waals surface area contributed by atoms with Crippen LogP contribution in [0.4, 0.5) is 0 Å². The molecule has 0 aliphatic carbocycles. The van der Waals surface area contributed by atoms with E-state index >= 15 is 0 Å². The second-order valence-electron chi connectivity index (χ2n) is 6.51. The van der Waals surface area contributed by atoms with Gasteiger partial charge in [-0.15, -0.1) is 0 Å². The van der Waals surface area contributed by atoms with Crippen LogP contribution in [0.5, 0.6) is 5.75 Å². The number of amides is 2. The molecule has 0 aliphatic rings. The Balaban J connectivity index is 1.79. The van der Waals surface area contributed by atoms with Crippen molar-refractivity contribution >= 4 is 21.8 Å². The number of ether oxygens (including phenoxy) is 1. The zero-order valence-electron chi connectivity index (χ0n) is 16.6. The number of sulfonamides is 1. The number of hydrogen-bond donors (Lipinski definition) is 2. The first-order valence-corrected chi connectivity index (χ1v) is 10.4. The molecular formula is C20H25N3O5S. The third-order valence-electron chi connectivity index (χ3n) is 3.97. The van der Waals surface area contributed by atoms with E-state index in [0.29, 0.717) is 13.2 Å². The molecule has 2 aromatic rings. The molecule has 0 fully saturated rings. The van der Waals surface area contributed by atoms with E-state index < -0.39 is 15.9 Å². The molecule has 0 aliphatic heterocycles. The number of carbonyl (C=O) groups excluding carboxylic acids is 2. The zero-order chi connectivity index (χ0) is 21.4. The molecule has 0 bridgehead atoms. The van der Waals surface area contributed by atoms with Crippen LogP contribution in [0.1, 0.15) is 15.9 Å². The van der Waals surface area contributed by atoms with Crippen molar-refractivity contribution in [3.05, 3.63) is 59.7 Å². The smallest absolute Gasteiger partial charge is 0.251 e. The van der Waals surface area contributed by atoms with Crippen molar-refractivity contribution < 1.29 is 22.7 Å². The first kappa shape index (κ1) is 22.4. The topological polar surface area (TPSA) is 105 Å². The first-order chi connectivity index (χ1) is 13.7. The summed E-state index contributed by atoms with van der Waals surface area (Å²) in [5, 5.41) is 5.12. The van der Waals surface area contributed by atoms with Crippen LogP contribution in [0.15, 0.2) is 53.4 Å². The minimum atomic E-state index is -3.64. The highest BCUT2D eigenvalue weighted by molar-refractivity contribution is 7.89. The maximum Gasteiger partial charge on any atom is 0.251 e. The van der Waals surface area contributed by atoms with Crippen molar-refractivity contribution in [1.82, 2.24) is 14.9 Å². The summed E-state index contributed by atoms with van der Waals surface area (Å²) in [5.41, 5.74) is 1.24. The van der Waals surface area contributed by atoms with Gasteiger partial charge in [-0.25, -0.2) is 12.7 Å². The molecule has 29 heavy (non-hydrogen) atoms. The van der Waals surface area contributed by atoms with Crippen LogP contribution in [0.25, 0.3) is 0 Å². The number of carbonyl (C=O) groups is 2. The van der Waals surface area contributed by atoms with E-state index in [2.05, 4.69) is 10.6 Å². The van der Waals surface area contributed by atoms with E-state index in [1.165, 1.54) is 38.4 Å². The van der Waals surface area contributed by atoms with Crippen LogP contribution in [-0.2, 0) is 14.8 Å². The minimum absolute atomic E-state index is 0.00731. The average Bonchev–Trinajstić information content (AvgIpc) is 2.69. The predicted molar refractivity (Wildman–Crippen MR) is 109 cm³/mol. The first-order valence-electron chi connectivity index (χ1n) is 8.97. The fraction of sp³-hybridized carbons (Fsp3) is 0.300. The van der Waals surface area contributed by atoms with Gasteiger partial charge in [0.05, 0.1) is 18.0 Å². The predicted octanol–water partition coefficient (Wildman–Crippen LogP) is 1.17. The van der Waals surface area contributed by atoms with Crippen LogP contribution in [-0.4, -0.2) is 58.3 Å². The van der Waals surface area contributed by atoms with Gasteiger partial charge in [-0.05, 0) is 42.8 Å². The highest BCUT2D eigenvalue weighted by Gasteiger charge is 2.18. The molecule has 0 spiro atoms. The summed E-state index contributed by atoms with van der Waals surface area (Å²) in [6, 6.07) is 13.2. The summed E-state index contributed by atoms with van der Waals surface area (Å²) in [6.45, 7) is 2.32. The minimum Gasteiger partial charge on any atom is -0.492 e. The lowest BCUT2D eigenvalue weighted by Crippen LogP contribution is -2.38. The number of hydrogen-bond acceptors (Lipinski definition) is 5. The van der Waals surface area contributed by atoms with Crippen LogP contribution >= 0.6 is 0 Å². The fourth-order valence-electron chi connectivity index (χ4n) is 2.40. The molecule has 2 N–H and O–H groups in total. The monoisotopic (exact) mass is 419 g/mol. The summed E-state index contributed by atoms with van der Waals surface area (Å²) in [7, 11) is -0.821. The second kappa shape index (κ2) is 10.0. The largest absolute Gasteiger partial charge is 0.492 e. The van der Waals surface area contributed by atoms with E-state index in [1.54, 1.807) is 0 Å². The van der Waals surface area contributed by atoms with E-state index in [0.717, 1.165) is 15.6 Å². The molecule has 0 unspecified atom stereocenters. The lowest BCUT2D eigenvalue weighted by molar-refractivity contribution is -0.120. The normalized spacial score (nSPS) is 11.2. The molecule has 8 nitrogen and oxygen atoms in total. The van der Waals surface area contributed by atoms with Crippen molar-refractivity contribution in [2.75, 3.05) is 33.8 Å². The van der Waals surface area contributed by atoms with E-state index in [-0.39, 0.29) is 22.9 Å². The maximum absolute atomic E-state index is 12.2. The highest BCUT2D eigenvalue weighted by atomic mass is 32.2. The summed E-state index contributed by atoms with van der Waals surface area (Å²) in [4.78, 5) is 24.1. The zero-order valence-corrected chi connectivity index (χ0v) is 17.5. The number of benzene rings is 2. The molecule has 0 aromatic heterocycles. The number of aryl methyl sites for hydroxylation is 1. The van der Waals surface area contributed by atoms with E-state index in [9.17, 15) is 18.0 Å². The third-order valence-corrected chi connectivity index (χ3v) is 5.78. The summed E-state index contributed by atoms with van der Waals surface area (Å²) < 4.78 is 30.9. The van der Waals surface area contributed by atoms with Gasteiger partial charge in [0.1, 0.15) is 12.4 Å². The van der Waals surface area contributed by atoms with Crippen molar-refractivity contribution in [3.8, 4) is 5.75 Å². The van der Waals surface area contributed by atoms with Gasteiger partial charge < -0.3 is 15.4 Å². The quantitative estimate of drug-likeness (QED) is 0.594. The van der Waals surface area contributed by atoms with Crippen LogP contribution in [0, 0.1) is 6.92 Å². The summed E-state index contributed by atoms with van der Waals surface area (Å²) >= 11 is 0. The molecule has 0 saturated carbocycles. The van der Waals surface area contributed by atoms with Gasteiger partial charge in [0.25, 0.3) is 5.91 Å². The molecule has 2 aromatic carbocycles. The Hall–Kier alpha value is -2.91. The summed E-state index contributed by atoms with van der Waals surface area (Å²) in [6.07, 6.45) is 0. The van der Waals surface area contributed by atoms with Gasteiger partial charge in [-0.1, -0.05) is 18.2 Å². The fourth-order valence-corrected chi connectivity index (χ4v) is 3.35. The average molecular weight is 420 g/mol. The molecule has 0 heterocycles. The molecule has 9 heteroatoms. The van der Waals surface area contributed by atoms with Crippen LogP contribution in [0.3, 0.4) is 0 Å². The molecule has 0 radical (unpaired) electrons. The second-order valence-corrected chi connectivity index (χ2v) is 8.66. The molecule has 2 amide bonds. The van der Waals surface area contributed by atoms with Crippen LogP contribution in [0.2, 0.25) is 0 Å². The maximum atomic E-state index is 12.2. The third kappa shape index (κ3) is 6.58. The van der Waals surface area contributed by atoms with Crippen molar-refractivity contribution in [3.63, 3.8) is 0 Å². The van der Waals surface area contributed by atoms with Crippen molar-refractivity contribution in [1.29, 1.82) is 0 Å². The Morgan fingerprint density at radius 3 is 2.45 bits per heavy atom. The van der Waals surface area contributed by atoms with Crippen molar-refractivity contribution in [2.45, 2.75) is 11.8 Å². The molecular weight excluding hydrogens is 394 g/mol. The molecule has 0 atom stereocenters. The lowest BCUT2D eigenvalue weighted by Gasteiger charge is -2.12. The Kier molecular flexibility index (Phi) is 7.74. The van der Waals surface area contributed by atoms with Gasteiger partial charge in [0, 0.05) is 19.7 Å². The van der Waals surface area contributed by atoms with E-state index in [4.69, 9.17) is 4.74 Å². The van der Waals surface area contributed by atoms with Gasteiger partial charge >= 0.3 is 0 Å². The van der Waals surface area contributed by atoms with Crippen molar-refractivity contribution in [2.24, 2.45) is 0 Å².